The number of nitrogens with zero attached hydrogens (tertiary/aromatic N) is 3. The minimum atomic E-state index is -0.461. The molecule has 4 aromatic rings. The van der Waals surface area contributed by atoms with Crippen LogP contribution in [0.25, 0.3) is 11.1 Å². The molecule has 0 unspecified atom stereocenters. The summed E-state index contributed by atoms with van der Waals surface area (Å²) in [7, 11) is 0. The summed E-state index contributed by atoms with van der Waals surface area (Å²) in [5.41, 5.74) is 3.20. The summed E-state index contributed by atoms with van der Waals surface area (Å²) in [6.07, 6.45) is 1.79. The van der Waals surface area contributed by atoms with Gasteiger partial charge in [0.2, 0.25) is 5.91 Å². The molecule has 2 heterocycles. The Morgan fingerprint density at radius 2 is 1.87 bits per heavy atom. The Balaban J connectivity index is 1.44. The molecular formula is C28H28N4O3S3. The number of allylic oxidation sites excluding steroid dienone is 1. The van der Waals surface area contributed by atoms with Crippen LogP contribution in [0, 0.1) is 6.92 Å². The smallest absolute Gasteiger partial charge is 0.341 e. The molecule has 0 fully saturated rings. The number of benzene rings is 2. The quantitative estimate of drug-likeness (QED) is 0.116. The van der Waals surface area contributed by atoms with Crippen LogP contribution in [0.4, 0.5) is 5.00 Å². The molecule has 1 amide bonds. The molecule has 0 aliphatic carbocycles. The molecule has 0 saturated carbocycles. The molecule has 4 rings (SSSR count). The first-order chi connectivity index (χ1) is 18.5. The number of rotatable bonds is 12. The largest absolute Gasteiger partial charge is 0.462 e. The van der Waals surface area contributed by atoms with Gasteiger partial charge in [0.05, 0.1) is 18.1 Å². The van der Waals surface area contributed by atoms with Crippen LogP contribution in [-0.2, 0) is 21.8 Å². The first kappa shape index (κ1) is 27.7. The molecule has 2 aromatic heterocycles. The number of anilines is 1. The number of thiophene rings is 1. The number of aryl methyl sites for hydroxylation is 1. The van der Waals surface area contributed by atoms with E-state index in [4.69, 9.17) is 4.74 Å². The first-order valence-corrected chi connectivity index (χ1v) is 14.8. The monoisotopic (exact) mass is 564 g/mol. The van der Waals surface area contributed by atoms with Crippen molar-refractivity contribution in [3.05, 3.63) is 89.6 Å². The van der Waals surface area contributed by atoms with Crippen molar-refractivity contribution in [1.29, 1.82) is 0 Å². The Morgan fingerprint density at radius 3 is 2.58 bits per heavy atom. The Kier molecular flexibility index (Phi) is 9.80. The van der Waals surface area contributed by atoms with E-state index in [0.717, 1.165) is 21.8 Å². The molecule has 0 aliphatic rings. The zero-order chi connectivity index (χ0) is 26.9. The van der Waals surface area contributed by atoms with Gasteiger partial charge in [0, 0.05) is 22.4 Å². The average molecular weight is 565 g/mol. The maximum atomic E-state index is 12.9. The number of amides is 1. The minimum Gasteiger partial charge on any atom is -0.462 e. The van der Waals surface area contributed by atoms with Gasteiger partial charge in [-0.2, -0.15) is 0 Å². The topological polar surface area (TPSA) is 86.1 Å². The summed E-state index contributed by atoms with van der Waals surface area (Å²) in [5, 5.41) is 14.5. The third-order valence-electron chi connectivity index (χ3n) is 5.43. The lowest BCUT2D eigenvalue weighted by atomic mass is 10.0. The van der Waals surface area contributed by atoms with Crippen LogP contribution < -0.4 is 5.32 Å². The molecule has 0 saturated heterocycles. The first-order valence-electron chi connectivity index (χ1n) is 12.0. The van der Waals surface area contributed by atoms with E-state index in [1.807, 2.05) is 40.3 Å². The van der Waals surface area contributed by atoms with Crippen LogP contribution in [0.1, 0.15) is 28.7 Å². The fourth-order valence-electron chi connectivity index (χ4n) is 3.61. The van der Waals surface area contributed by atoms with Crippen molar-refractivity contribution in [1.82, 2.24) is 14.8 Å². The molecule has 38 heavy (non-hydrogen) atoms. The van der Waals surface area contributed by atoms with Crippen molar-refractivity contribution in [3.8, 4) is 11.1 Å². The average Bonchev–Trinajstić information content (AvgIpc) is 3.52. The van der Waals surface area contributed by atoms with Crippen molar-refractivity contribution in [3.63, 3.8) is 0 Å². The van der Waals surface area contributed by atoms with Crippen LogP contribution >= 0.6 is 34.9 Å². The number of carbonyl (C=O) groups is 2. The maximum absolute atomic E-state index is 12.9. The van der Waals surface area contributed by atoms with E-state index >= 15 is 0 Å². The van der Waals surface area contributed by atoms with Gasteiger partial charge in [-0.15, -0.1) is 39.9 Å². The van der Waals surface area contributed by atoms with Crippen molar-refractivity contribution < 1.29 is 14.3 Å². The highest BCUT2D eigenvalue weighted by molar-refractivity contribution is 7.99. The van der Waals surface area contributed by atoms with Crippen molar-refractivity contribution >= 4 is 51.7 Å². The fraction of sp³-hybridized carbons (Fsp3) is 0.214. The standard InChI is InChI=1S/C28H28N4O3S3/c1-4-15-32-23(17-36-21-13-11-19(3)12-14-21)30-31-28(32)38-18-24(33)29-26-25(27(34)35-5-2)22(16-37-26)20-9-7-6-8-10-20/h4,6-14,16H,1,5,15,17-18H2,2-3H3,(H,29,33). The van der Waals surface area contributed by atoms with Gasteiger partial charge in [-0.05, 0) is 31.5 Å². The van der Waals surface area contributed by atoms with Crippen LogP contribution in [-0.4, -0.2) is 39.0 Å². The predicted molar refractivity (Wildman–Crippen MR) is 156 cm³/mol. The van der Waals surface area contributed by atoms with Gasteiger partial charge >= 0.3 is 5.97 Å². The fourth-order valence-corrected chi connectivity index (χ4v) is 6.18. The van der Waals surface area contributed by atoms with E-state index in [-0.39, 0.29) is 18.3 Å². The van der Waals surface area contributed by atoms with E-state index < -0.39 is 5.97 Å². The van der Waals surface area contributed by atoms with Gasteiger partial charge in [-0.1, -0.05) is 65.9 Å². The lowest BCUT2D eigenvalue weighted by Gasteiger charge is -2.09. The van der Waals surface area contributed by atoms with Gasteiger partial charge in [0.1, 0.15) is 16.4 Å². The molecule has 196 valence electrons. The van der Waals surface area contributed by atoms with E-state index in [0.29, 0.717) is 28.0 Å². The number of aromatic nitrogens is 3. The van der Waals surface area contributed by atoms with E-state index in [1.165, 1.54) is 28.7 Å². The number of carbonyl (C=O) groups excluding carboxylic acids is 2. The molecule has 0 radical (unpaired) electrons. The van der Waals surface area contributed by atoms with Crippen molar-refractivity contribution in [2.75, 3.05) is 17.7 Å². The Morgan fingerprint density at radius 1 is 1.11 bits per heavy atom. The second kappa shape index (κ2) is 13.5. The summed E-state index contributed by atoms with van der Waals surface area (Å²) in [6, 6.07) is 17.9. The Bertz CT molecular complexity index is 1400. The molecule has 10 heteroatoms. The summed E-state index contributed by atoms with van der Waals surface area (Å²) in [4.78, 5) is 26.8. The molecular weight excluding hydrogens is 537 g/mol. The minimum absolute atomic E-state index is 0.112. The van der Waals surface area contributed by atoms with Crippen LogP contribution in [0.5, 0.6) is 0 Å². The van der Waals surface area contributed by atoms with Crippen molar-refractivity contribution in [2.45, 2.75) is 36.2 Å². The Hall–Kier alpha value is -3.34. The molecule has 0 aliphatic heterocycles. The normalized spacial score (nSPS) is 10.8. The number of nitrogens with one attached hydrogen (secondary N) is 1. The number of hydrogen-bond acceptors (Lipinski definition) is 8. The van der Waals surface area contributed by atoms with Gasteiger partial charge in [-0.25, -0.2) is 4.79 Å². The van der Waals surface area contributed by atoms with Gasteiger partial charge < -0.3 is 14.6 Å². The lowest BCUT2D eigenvalue weighted by molar-refractivity contribution is -0.113. The molecule has 7 nitrogen and oxygen atoms in total. The second-order valence-corrected chi connectivity index (χ2v) is 11.0. The van der Waals surface area contributed by atoms with Crippen LogP contribution in [0.3, 0.4) is 0 Å². The zero-order valence-corrected chi connectivity index (χ0v) is 23.6. The summed E-state index contributed by atoms with van der Waals surface area (Å²) >= 11 is 4.28. The zero-order valence-electron chi connectivity index (χ0n) is 21.2. The maximum Gasteiger partial charge on any atom is 0.341 e. The Labute approximate surface area is 234 Å². The third-order valence-corrected chi connectivity index (χ3v) is 8.30. The lowest BCUT2D eigenvalue weighted by Crippen LogP contribution is -2.17. The highest BCUT2D eigenvalue weighted by atomic mass is 32.2. The highest BCUT2D eigenvalue weighted by Crippen LogP contribution is 2.36. The van der Waals surface area contributed by atoms with Gasteiger partial charge in [0.25, 0.3) is 0 Å². The molecule has 0 bridgehead atoms. The second-order valence-electron chi connectivity index (χ2n) is 8.18. The molecule has 1 N–H and O–H groups in total. The summed E-state index contributed by atoms with van der Waals surface area (Å²) in [5.74, 6) is 0.870. The van der Waals surface area contributed by atoms with Crippen LogP contribution in [0.15, 0.2) is 82.7 Å². The van der Waals surface area contributed by atoms with E-state index in [9.17, 15) is 9.59 Å². The molecule has 2 aromatic carbocycles. The van der Waals surface area contributed by atoms with E-state index in [1.54, 1.807) is 24.8 Å². The third kappa shape index (κ3) is 6.94. The number of esters is 1. The highest BCUT2D eigenvalue weighted by Gasteiger charge is 2.23. The van der Waals surface area contributed by atoms with E-state index in [2.05, 4.69) is 53.3 Å². The van der Waals surface area contributed by atoms with Gasteiger partial charge in [-0.3, -0.25) is 4.79 Å². The number of ether oxygens (including phenoxy) is 1. The molecule has 0 atom stereocenters. The summed E-state index contributed by atoms with van der Waals surface area (Å²) in [6.45, 7) is 8.46. The van der Waals surface area contributed by atoms with Crippen LogP contribution in [0.2, 0.25) is 0 Å². The van der Waals surface area contributed by atoms with Crippen molar-refractivity contribution in [2.24, 2.45) is 0 Å². The SMILES string of the molecule is C=CCn1c(CSc2ccc(C)cc2)nnc1SCC(=O)Nc1scc(-c2ccccc2)c1C(=O)OCC. The molecule has 0 spiro atoms. The number of hydrogen-bond donors (Lipinski definition) is 1. The summed E-state index contributed by atoms with van der Waals surface area (Å²) < 4.78 is 7.25. The van der Waals surface area contributed by atoms with Gasteiger partial charge in [0.15, 0.2) is 5.16 Å². The predicted octanol–water partition coefficient (Wildman–Crippen LogP) is 6.70. The number of thioether (sulfide) groups is 2.